The summed E-state index contributed by atoms with van der Waals surface area (Å²) in [7, 11) is -3.12. The average Bonchev–Trinajstić information content (AvgIpc) is 2.85. The first-order valence-corrected chi connectivity index (χ1v) is 6.81. The van der Waals surface area contributed by atoms with Crippen molar-refractivity contribution in [3.8, 4) is 0 Å². The van der Waals surface area contributed by atoms with Crippen LogP contribution in [0.4, 0.5) is 0 Å². The fourth-order valence-corrected chi connectivity index (χ4v) is 1.51. The molecule has 0 radical (unpaired) electrons. The van der Waals surface area contributed by atoms with Gasteiger partial charge in [0.2, 0.25) is 15.9 Å². The van der Waals surface area contributed by atoms with Crippen molar-refractivity contribution in [1.29, 1.82) is 0 Å². The van der Waals surface area contributed by atoms with E-state index in [2.05, 4.69) is 15.4 Å². The lowest BCUT2D eigenvalue weighted by Crippen LogP contribution is -2.38. The monoisotopic (exact) mass is 235 g/mol. The molecule has 0 aromatic carbocycles. The number of carbonyl (C=O) groups is 1. The van der Waals surface area contributed by atoms with E-state index in [0.29, 0.717) is 19.1 Å². The van der Waals surface area contributed by atoms with Gasteiger partial charge in [0.25, 0.3) is 0 Å². The van der Waals surface area contributed by atoms with Crippen LogP contribution in [0.25, 0.3) is 0 Å². The number of hydrogen-bond acceptors (Lipinski definition) is 4. The summed E-state index contributed by atoms with van der Waals surface area (Å²) in [5.41, 5.74) is 0. The Morgan fingerprint density at radius 1 is 1.33 bits per heavy atom. The summed E-state index contributed by atoms with van der Waals surface area (Å²) >= 11 is 0. The normalized spacial score (nSPS) is 16.3. The van der Waals surface area contributed by atoms with Gasteiger partial charge in [-0.15, -0.1) is 0 Å². The van der Waals surface area contributed by atoms with Crippen molar-refractivity contribution in [2.45, 2.75) is 18.9 Å². The van der Waals surface area contributed by atoms with Gasteiger partial charge in [-0.1, -0.05) is 0 Å². The third-order valence-electron chi connectivity index (χ3n) is 1.89. The van der Waals surface area contributed by atoms with E-state index in [9.17, 15) is 13.2 Å². The Morgan fingerprint density at radius 3 is 2.53 bits per heavy atom. The molecule has 0 saturated heterocycles. The van der Waals surface area contributed by atoms with Crippen LogP contribution in [-0.4, -0.2) is 46.3 Å². The maximum absolute atomic E-state index is 11.1. The fraction of sp³-hybridized carbons (Fsp3) is 0.875. The molecule has 7 heteroatoms. The number of carbonyl (C=O) groups excluding carboxylic acids is 1. The first-order valence-electron chi connectivity index (χ1n) is 4.92. The number of sulfonamides is 1. The van der Waals surface area contributed by atoms with E-state index in [1.54, 1.807) is 0 Å². The van der Waals surface area contributed by atoms with Gasteiger partial charge in [-0.3, -0.25) is 4.79 Å². The summed E-state index contributed by atoms with van der Waals surface area (Å²) in [5, 5.41) is 5.67. The van der Waals surface area contributed by atoms with Crippen LogP contribution in [0.2, 0.25) is 0 Å². The Labute approximate surface area is 89.9 Å². The number of nitrogens with one attached hydrogen (secondary N) is 3. The minimum Gasteiger partial charge on any atom is -0.352 e. The van der Waals surface area contributed by atoms with E-state index in [1.807, 2.05) is 0 Å². The molecule has 0 aromatic heterocycles. The Morgan fingerprint density at radius 2 is 2.00 bits per heavy atom. The highest BCUT2D eigenvalue weighted by atomic mass is 32.2. The fourth-order valence-electron chi connectivity index (χ4n) is 1.03. The lowest BCUT2D eigenvalue weighted by atomic mass is 10.5. The Kier molecular flexibility index (Phi) is 4.49. The molecular formula is C8H17N3O3S. The number of rotatable bonds is 7. The summed E-state index contributed by atoms with van der Waals surface area (Å²) in [4.78, 5) is 11.1. The van der Waals surface area contributed by atoms with Crippen LogP contribution in [-0.2, 0) is 14.8 Å². The van der Waals surface area contributed by atoms with Crippen molar-refractivity contribution in [2.24, 2.45) is 0 Å². The molecule has 0 aliphatic heterocycles. The van der Waals surface area contributed by atoms with Crippen molar-refractivity contribution in [3.63, 3.8) is 0 Å². The van der Waals surface area contributed by atoms with Gasteiger partial charge >= 0.3 is 0 Å². The Hall–Kier alpha value is -0.660. The predicted octanol–water partition coefficient (Wildman–Crippen LogP) is -1.60. The molecule has 3 N–H and O–H groups in total. The zero-order valence-corrected chi connectivity index (χ0v) is 9.56. The maximum Gasteiger partial charge on any atom is 0.234 e. The van der Waals surface area contributed by atoms with Gasteiger partial charge in [0.1, 0.15) is 0 Å². The van der Waals surface area contributed by atoms with E-state index < -0.39 is 10.0 Å². The van der Waals surface area contributed by atoms with Crippen LogP contribution in [0.15, 0.2) is 0 Å². The van der Waals surface area contributed by atoms with Crippen LogP contribution < -0.4 is 15.4 Å². The van der Waals surface area contributed by atoms with Crippen molar-refractivity contribution in [2.75, 3.05) is 25.9 Å². The molecule has 88 valence electrons. The lowest BCUT2D eigenvalue weighted by Gasteiger charge is -2.05. The summed E-state index contributed by atoms with van der Waals surface area (Å²) in [5.74, 6) is -0.0307. The molecule has 0 atom stereocenters. The van der Waals surface area contributed by atoms with Crippen LogP contribution in [0, 0.1) is 0 Å². The largest absolute Gasteiger partial charge is 0.352 e. The summed E-state index contributed by atoms with van der Waals surface area (Å²) in [6, 6.07) is 0.369. The minimum absolute atomic E-state index is 0.0307. The van der Waals surface area contributed by atoms with Crippen LogP contribution in [0.5, 0.6) is 0 Å². The maximum atomic E-state index is 11.1. The van der Waals surface area contributed by atoms with Gasteiger partial charge in [-0.25, -0.2) is 13.1 Å². The minimum atomic E-state index is -3.12. The number of hydrogen-bond donors (Lipinski definition) is 3. The van der Waals surface area contributed by atoms with E-state index in [-0.39, 0.29) is 12.5 Å². The first-order chi connectivity index (χ1) is 6.97. The summed E-state index contributed by atoms with van der Waals surface area (Å²) < 4.78 is 23.7. The Balaban J connectivity index is 1.94. The van der Waals surface area contributed by atoms with E-state index in [1.165, 1.54) is 0 Å². The van der Waals surface area contributed by atoms with Crippen molar-refractivity contribution >= 4 is 15.9 Å². The standard InChI is InChI=1S/C8H17N3O3S/c1-15(13,14)10-5-4-9-6-8(12)11-7-2-3-7/h7,9-10H,2-6H2,1H3,(H,11,12). The van der Waals surface area contributed by atoms with Crippen LogP contribution in [0.3, 0.4) is 0 Å². The van der Waals surface area contributed by atoms with Gasteiger partial charge in [-0.2, -0.15) is 0 Å². The van der Waals surface area contributed by atoms with Gasteiger partial charge in [-0.05, 0) is 12.8 Å². The predicted molar refractivity (Wildman–Crippen MR) is 56.9 cm³/mol. The second kappa shape index (κ2) is 5.43. The van der Waals surface area contributed by atoms with Gasteiger partial charge < -0.3 is 10.6 Å². The lowest BCUT2D eigenvalue weighted by molar-refractivity contribution is -0.120. The second-order valence-electron chi connectivity index (χ2n) is 3.69. The molecular weight excluding hydrogens is 218 g/mol. The molecule has 0 aromatic rings. The quantitative estimate of drug-likeness (QED) is 0.464. The summed E-state index contributed by atoms with van der Waals surface area (Å²) in [6.45, 7) is 0.989. The molecule has 0 heterocycles. The Bertz CT molecular complexity index is 311. The molecule has 0 unspecified atom stereocenters. The molecule has 15 heavy (non-hydrogen) atoms. The zero-order valence-electron chi connectivity index (χ0n) is 8.75. The van der Waals surface area contributed by atoms with Crippen LogP contribution in [0.1, 0.15) is 12.8 Å². The van der Waals surface area contributed by atoms with Gasteiger partial charge in [0, 0.05) is 19.1 Å². The van der Waals surface area contributed by atoms with Crippen molar-refractivity contribution in [1.82, 2.24) is 15.4 Å². The molecule has 1 saturated carbocycles. The molecule has 6 nitrogen and oxygen atoms in total. The highest BCUT2D eigenvalue weighted by Crippen LogP contribution is 2.17. The zero-order chi connectivity index (χ0) is 11.3. The van der Waals surface area contributed by atoms with E-state index in [4.69, 9.17) is 0 Å². The molecule has 1 aliphatic rings. The first kappa shape index (κ1) is 12.4. The molecule has 1 aliphatic carbocycles. The molecule has 1 fully saturated rings. The third-order valence-corrected chi connectivity index (χ3v) is 2.62. The highest BCUT2D eigenvalue weighted by molar-refractivity contribution is 7.88. The van der Waals surface area contributed by atoms with Crippen molar-refractivity contribution < 1.29 is 13.2 Å². The molecule has 0 spiro atoms. The molecule has 0 bridgehead atoms. The topological polar surface area (TPSA) is 87.3 Å². The smallest absolute Gasteiger partial charge is 0.234 e. The second-order valence-corrected chi connectivity index (χ2v) is 5.52. The van der Waals surface area contributed by atoms with E-state index in [0.717, 1.165) is 19.1 Å². The summed E-state index contributed by atoms with van der Waals surface area (Å²) in [6.07, 6.45) is 3.25. The SMILES string of the molecule is CS(=O)(=O)NCCNCC(=O)NC1CC1. The third kappa shape index (κ3) is 7.29. The van der Waals surface area contributed by atoms with Gasteiger partial charge in [0.15, 0.2) is 0 Å². The number of amides is 1. The molecule has 1 rings (SSSR count). The average molecular weight is 235 g/mol. The van der Waals surface area contributed by atoms with Crippen molar-refractivity contribution in [3.05, 3.63) is 0 Å². The molecule has 1 amide bonds. The van der Waals surface area contributed by atoms with Crippen LogP contribution >= 0.6 is 0 Å². The van der Waals surface area contributed by atoms with E-state index >= 15 is 0 Å². The highest BCUT2D eigenvalue weighted by Gasteiger charge is 2.22. The van der Waals surface area contributed by atoms with Gasteiger partial charge in [0.05, 0.1) is 12.8 Å².